The van der Waals surface area contributed by atoms with E-state index in [4.69, 9.17) is 14.2 Å². The molecule has 0 aromatic heterocycles. The number of benzene rings is 2. The molecule has 0 saturated heterocycles. The minimum absolute atomic E-state index is 0.555. The molecular formula is C17H18O4. The third-order valence-corrected chi connectivity index (χ3v) is 3.93. The second kappa shape index (κ2) is 5.48. The second-order valence-corrected chi connectivity index (χ2v) is 4.97. The van der Waals surface area contributed by atoms with Crippen molar-refractivity contribution in [2.75, 3.05) is 14.2 Å². The standard InChI is InChI=1S/C17H18O4/c1-19-17(20-2)13-10-6-7-11-14(13)21-15(16(17)18)12-8-4-3-5-9-12/h3-11,15-16,18H,1-2H3. The Balaban J connectivity index is 2.13. The molecular weight excluding hydrogens is 268 g/mol. The van der Waals surface area contributed by atoms with Gasteiger partial charge in [0.15, 0.2) is 12.2 Å². The number of ether oxygens (including phenoxy) is 3. The molecule has 0 spiro atoms. The van der Waals surface area contributed by atoms with Gasteiger partial charge in [0.25, 0.3) is 0 Å². The topological polar surface area (TPSA) is 47.9 Å². The minimum Gasteiger partial charge on any atom is -0.482 e. The molecule has 0 saturated carbocycles. The molecule has 3 rings (SSSR count). The fraction of sp³-hybridized carbons (Fsp3) is 0.294. The molecule has 4 heteroatoms. The van der Waals surface area contributed by atoms with Crippen LogP contribution in [-0.2, 0) is 15.3 Å². The summed E-state index contributed by atoms with van der Waals surface area (Å²) in [5, 5.41) is 10.8. The van der Waals surface area contributed by atoms with Gasteiger partial charge in [-0.25, -0.2) is 0 Å². The first-order chi connectivity index (χ1) is 10.2. The van der Waals surface area contributed by atoms with Crippen LogP contribution in [-0.4, -0.2) is 25.4 Å². The Kier molecular flexibility index (Phi) is 3.68. The summed E-state index contributed by atoms with van der Waals surface area (Å²) in [5.41, 5.74) is 1.56. The summed E-state index contributed by atoms with van der Waals surface area (Å²) in [6, 6.07) is 17.0. The molecule has 0 amide bonds. The van der Waals surface area contributed by atoms with Gasteiger partial charge < -0.3 is 19.3 Å². The number of hydrogen-bond acceptors (Lipinski definition) is 4. The number of para-hydroxylation sites is 1. The van der Waals surface area contributed by atoms with Crippen molar-refractivity contribution in [3.8, 4) is 5.75 Å². The Bertz CT molecular complexity index is 607. The van der Waals surface area contributed by atoms with Crippen molar-refractivity contribution in [3.05, 3.63) is 65.7 Å². The Labute approximate surface area is 123 Å². The number of aliphatic hydroxyl groups excluding tert-OH is 1. The normalized spacial score (nSPS) is 23.2. The maximum atomic E-state index is 10.8. The second-order valence-electron chi connectivity index (χ2n) is 4.97. The zero-order valence-electron chi connectivity index (χ0n) is 12.0. The zero-order chi connectivity index (χ0) is 14.9. The van der Waals surface area contributed by atoms with E-state index >= 15 is 0 Å². The van der Waals surface area contributed by atoms with Gasteiger partial charge >= 0.3 is 0 Å². The van der Waals surface area contributed by atoms with E-state index in [1.54, 1.807) is 0 Å². The summed E-state index contributed by atoms with van der Waals surface area (Å²) < 4.78 is 17.1. The van der Waals surface area contributed by atoms with E-state index in [1.165, 1.54) is 14.2 Å². The lowest BCUT2D eigenvalue weighted by molar-refractivity contribution is -0.294. The highest BCUT2D eigenvalue weighted by atomic mass is 16.7. The van der Waals surface area contributed by atoms with Crippen LogP contribution in [0.1, 0.15) is 17.2 Å². The fourth-order valence-corrected chi connectivity index (χ4v) is 2.85. The van der Waals surface area contributed by atoms with Gasteiger partial charge in [-0.2, -0.15) is 0 Å². The molecule has 0 aliphatic carbocycles. The summed E-state index contributed by atoms with van der Waals surface area (Å²) in [6.07, 6.45) is -1.54. The maximum Gasteiger partial charge on any atom is 0.229 e. The molecule has 2 atom stereocenters. The average molecular weight is 286 g/mol. The van der Waals surface area contributed by atoms with E-state index in [1.807, 2.05) is 54.6 Å². The van der Waals surface area contributed by atoms with E-state index in [-0.39, 0.29) is 0 Å². The van der Waals surface area contributed by atoms with Crippen LogP contribution in [0.4, 0.5) is 0 Å². The van der Waals surface area contributed by atoms with Gasteiger partial charge in [0.05, 0.1) is 5.56 Å². The molecule has 2 aromatic carbocycles. The van der Waals surface area contributed by atoms with Gasteiger partial charge in [-0.1, -0.05) is 42.5 Å². The number of methoxy groups -OCH3 is 2. The smallest absolute Gasteiger partial charge is 0.229 e. The summed E-state index contributed by atoms with van der Waals surface area (Å²) in [7, 11) is 3.05. The highest BCUT2D eigenvalue weighted by molar-refractivity contribution is 5.41. The molecule has 0 bridgehead atoms. The van der Waals surface area contributed by atoms with Crippen LogP contribution in [0.2, 0.25) is 0 Å². The number of hydrogen-bond donors (Lipinski definition) is 1. The zero-order valence-corrected chi connectivity index (χ0v) is 12.0. The van der Waals surface area contributed by atoms with Gasteiger partial charge in [0.1, 0.15) is 5.75 Å². The van der Waals surface area contributed by atoms with Crippen molar-refractivity contribution in [2.24, 2.45) is 0 Å². The Morgan fingerprint density at radius 1 is 0.952 bits per heavy atom. The molecule has 0 radical (unpaired) electrons. The van der Waals surface area contributed by atoms with Crippen molar-refractivity contribution in [1.29, 1.82) is 0 Å². The average Bonchev–Trinajstić information content (AvgIpc) is 2.56. The molecule has 1 heterocycles. The number of fused-ring (bicyclic) bond motifs is 1. The minimum atomic E-state index is -1.24. The van der Waals surface area contributed by atoms with Gasteiger partial charge in [0.2, 0.25) is 5.79 Å². The van der Waals surface area contributed by atoms with Crippen molar-refractivity contribution in [1.82, 2.24) is 0 Å². The molecule has 1 N–H and O–H groups in total. The lowest BCUT2D eigenvalue weighted by Gasteiger charge is -2.44. The summed E-state index contributed by atoms with van der Waals surface area (Å²) >= 11 is 0. The molecule has 21 heavy (non-hydrogen) atoms. The molecule has 2 aromatic rings. The molecule has 1 aliphatic rings. The fourth-order valence-electron chi connectivity index (χ4n) is 2.85. The van der Waals surface area contributed by atoms with Crippen LogP contribution < -0.4 is 4.74 Å². The maximum absolute atomic E-state index is 10.8. The molecule has 0 fully saturated rings. The van der Waals surface area contributed by atoms with Crippen LogP contribution in [0.25, 0.3) is 0 Å². The van der Waals surface area contributed by atoms with Crippen LogP contribution in [0.5, 0.6) is 5.75 Å². The lowest BCUT2D eigenvalue weighted by atomic mass is 9.89. The molecule has 2 unspecified atom stereocenters. The first-order valence-corrected chi connectivity index (χ1v) is 6.82. The Hall–Kier alpha value is -1.88. The van der Waals surface area contributed by atoms with Crippen molar-refractivity contribution in [3.63, 3.8) is 0 Å². The van der Waals surface area contributed by atoms with E-state index in [0.29, 0.717) is 11.3 Å². The quantitative estimate of drug-likeness (QED) is 0.881. The molecule has 1 aliphatic heterocycles. The lowest BCUT2D eigenvalue weighted by Crippen LogP contribution is -2.50. The van der Waals surface area contributed by atoms with Crippen LogP contribution in [0, 0.1) is 0 Å². The highest BCUT2D eigenvalue weighted by Crippen LogP contribution is 2.46. The predicted octanol–water partition coefficient (Wildman–Crippen LogP) is 2.63. The van der Waals surface area contributed by atoms with Crippen LogP contribution in [0.3, 0.4) is 0 Å². The molecule has 110 valence electrons. The number of rotatable bonds is 3. The third-order valence-electron chi connectivity index (χ3n) is 3.93. The Morgan fingerprint density at radius 2 is 1.57 bits per heavy atom. The summed E-state index contributed by atoms with van der Waals surface area (Å²) in [5.74, 6) is -0.588. The SMILES string of the molecule is COC1(OC)c2ccccc2OC(c2ccccc2)C1O. The van der Waals surface area contributed by atoms with Gasteiger partial charge in [-0.15, -0.1) is 0 Å². The van der Waals surface area contributed by atoms with Crippen LogP contribution in [0.15, 0.2) is 54.6 Å². The van der Waals surface area contributed by atoms with Crippen LogP contribution >= 0.6 is 0 Å². The van der Waals surface area contributed by atoms with Crippen molar-refractivity contribution < 1.29 is 19.3 Å². The van der Waals surface area contributed by atoms with E-state index in [9.17, 15) is 5.11 Å². The van der Waals surface area contributed by atoms with Crippen molar-refractivity contribution >= 4 is 0 Å². The highest BCUT2D eigenvalue weighted by Gasteiger charge is 2.51. The summed E-state index contributed by atoms with van der Waals surface area (Å²) in [6.45, 7) is 0. The third kappa shape index (κ3) is 2.12. The summed E-state index contributed by atoms with van der Waals surface area (Å²) in [4.78, 5) is 0. The number of aliphatic hydroxyl groups is 1. The van der Waals surface area contributed by atoms with E-state index in [0.717, 1.165) is 5.56 Å². The van der Waals surface area contributed by atoms with E-state index < -0.39 is 18.0 Å². The van der Waals surface area contributed by atoms with Gasteiger partial charge in [0, 0.05) is 14.2 Å². The van der Waals surface area contributed by atoms with Gasteiger partial charge in [-0.3, -0.25) is 0 Å². The predicted molar refractivity (Wildman–Crippen MR) is 78.0 cm³/mol. The van der Waals surface area contributed by atoms with Crippen molar-refractivity contribution in [2.45, 2.75) is 18.0 Å². The Morgan fingerprint density at radius 3 is 2.24 bits per heavy atom. The van der Waals surface area contributed by atoms with Gasteiger partial charge in [-0.05, 0) is 17.7 Å². The monoisotopic (exact) mass is 286 g/mol. The first-order valence-electron chi connectivity index (χ1n) is 6.82. The largest absolute Gasteiger partial charge is 0.482 e. The van der Waals surface area contributed by atoms with E-state index in [2.05, 4.69) is 0 Å². The molecule has 4 nitrogen and oxygen atoms in total. The first kappa shape index (κ1) is 14.1.